The maximum Gasteiger partial charge on any atom is 0.338 e. The Labute approximate surface area is 163 Å². The van der Waals surface area contributed by atoms with Crippen molar-refractivity contribution in [2.75, 3.05) is 6.61 Å². The Morgan fingerprint density at radius 3 is 2.50 bits per heavy atom. The number of hydrogen-bond acceptors (Lipinski definition) is 5. The fraction of sp³-hybridized carbons (Fsp3) is 0.318. The van der Waals surface area contributed by atoms with E-state index in [9.17, 15) is 9.59 Å². The zero-order valence-corrected chi connectivity index (χ0v) is 16.3. The number of nitrogens with zero attached hydrogens (tertiary/aromatic N) is 1. The van der Waals surface area contributed by atoms with Crippen LogP contribution in [0.3, 0.4) is 0 Å². The van der Waals surface area contributed by atoms with E-state index in [-0.39, 0.29) is 5.56 Å². The van der Waals surface area contributed by atoms with Gasteiger partial charge in [-0.15, -0.1) is 0 Å². The molecular formula is C22H24N2O4. The highest BCUT2D eigenvalue weighted by Gasteiger charge is 2.17. The Morgan fingerprint density at radius 1 is 1.07 bits per heavy atom. The van der Waals surface area contributed by atoms with E-state index in [1.165, 1.54) is 0 Å². The average Bonchev–Trinajstić information content (AvgIpc) is 2.68. The highest BCUT2D eigenvalue weighted by Crippen LogP contribution is 2.18. The second-order valence-corrected chi connectivity index (χ2v) is 7.07. The van der Waals surface area contributed by atoms with E-state index in [1.807, 2.05) is 0 Å². The second-order valence-electron chi connectivity index (χ2n) is 7.07. The minimum atomic E-state index is -0.688. The normalized spacial score (nSPS) is 12.1. The lowest BCUT2D eigenvalue weighted by Gasteiger charge is -2.13. The molecule has 6 heteroatoms. The number of benzene rings is 2. The Hall–Kier alpha value is -3.15. The molecule has 6 nitrogen and oxygen atoms in total. The van der Waals surface area contributed by atoms with Gasteiger partial charge in [-0.3, -0.25) is 4.79 Å². The van der Waals surface area contributed by atoms with Crippen molar-refractivity contribution in [3.63, 3.8) is 0 Å². The van der Waals surface area contributed by atoms with Crippen LogP contribution in [0.1, 0.15) is 49.5 Å². The number of hydrogen-bond donors (Lipinski definition) is 1. The first-order valence-corrected chi connectivity index (χ1v) is 9.37. The molecule has 146 valence electrons. The van der Waals surface area contributed by atoms with Crippen LogP contribution in [0.15, 0.2) is 53.3 Å². The summed E-state index contributed by atoms with van der Waals surface area (Å²) in [6, 6.07) is 13.9. The van der Waals surface area contributed by atoms with Crippen molar-refractivity contribution in [3.05, 3.63) is 70.3 Å². The first-order chi connectivity index (χ1) is 13.4. The summed E-state index contributed by atoms with van der Waals surface area (Å²) in [7, 11) is 0. The van der Waals surface area contributed by atoms with Gasteiger partial charge >= 0.3 is 5.97 Å². The van der Waals surface area contributed by atoms with Gasteiger partial charge in [-0.05, 0) is 55.7 Å². The van der Waals surface area contributed by atoms with Crippen LogP contribution in [0.2, 0.25) is 0 Å². The number of carbonyl (C=O) groups excluding carboxylic acids is 1. The molecule has 0 fully saturated rings. The van der Waals surface area contributed by atoms with Gasteiger partial charge in [-0.25, -0.2) is 9.78 Å². The van der Waals surface area contributed by atoms with Gasteiger partial charge in [0, 0.05) is 0 Å². The molecule has 28 heavy (non-hydrogen) atoms. The van der Waals surface area contributed by atoms with E-state index in [0.29, 0.717) is 40.6 Å². The standard InChI is InChI=1S/C22H24N2O4/c1-14(2)12-13-27-17-10-8-16(9-11-17)22(26)28-15(3)20-23-19-7-5-4-6-18(19)21(25)24-20/h4-11,14-15H,12-13H2,1-3H3,(H,23,24,25). The second kappa shape index (κ2) is 8.69. The van der Waals surface area contributed by atoms with Gasteiger partial charge in [0.25, 0.3) is 5.56 Å². The van der Waals surface area contributed by atoms with E-state index in [4.69, 9.17) is 9.47 Å². The van der Waals surface area contributed by atoms with E-state index in [1.54, 1.807) is 55.5 Å². The Kier molecular flexibility index (Phi) is 6.09. The van der Waals surface area contributed by atoms with Gasteiger partial charge in [0.05, 0.1) is 23.1 Å². The molecule has 0 radical (unpaired) electrons. The van der Waals surface area contributed by atoms with Crippen LogP contribution >= 0.6 is 0 Å². The molecule has 0 saturated carbocycles. The monoisotopic (exact) mass is 380 g/mol. The molecule has 0 amide bonds. The maximum absolute atomic E-state index is 12.4. The van der Waals surface area contributed by atoms with Gasteiger partial charge in [-0.1, -0.05) is 26.0 Å². The summed E-state index contributed by atoms with van der Waals surface area (Å²) < 4.78 is 11.1. The van der Waals surface area contributed by atoms with Crippen LogP contribution in [0, 0.1) is 5.92 Å². The molecule has 0 saturated heterocycles. The van der Waals surface area contributed by atoms with Crippen molar-refractivity contribution in [1.29, 1.82) is 0 Å². The number of H-pyrrole nitrogens is 1. The third-order valence-corrected chi connectivity index (χ3v) is 4.35. The zero-order chi connectivity index (χ0) is 20.1. The van der Waals surface area contributed by atoms with Crippen molar-refractivity contribution >= 4 is 16.9 Å². The quantitative estimate of drug-likeness (QED) is 0.619. The SMILES string of the molecule is CC(C)CCOc1ccc(C(=O)OC(C)c2nc3ccccc3c(=O)[nH]2)cc1. The summed E-state index contributed by atoms with van der Waals surface area (Å²) in [5, 5.41) is 0.498. The minimum Gasteiger partial charge on any atom is -0.494 e. The Bertz CT molecular complexity index is 1010. The number of nitrogens with one attached hydrogen (secondary N) is 1. The molecule has 2 aromatic carbocycles. The van der Waals surface area contributed by atoms with Gasteiger partial charge in [-0.2, -0.15) is 0 Å². The summed E-state index contributed by atoms with van der Waals surface area (Å²) >= 11 is 0. The molecule has 1 N–H and O–H groups in total. The lowest BCUT2D eigenvalue weighted by atomic mass is 10.1. The third kappa shape index (κ3) is 4.76. The number of aromatic nitrogens is 2. The first-order valence-electron chi connectivity index (χ1n) is 9.37. The highest BCUT2D eigenvalue weighted by atomic mass is 16.5. The number of para-hydroxylation sites is 1. The van der Waals surface area contributed by atoms with Crippen molar-refractivity contribution in [1.82, 2.24) is 9.97 Å². The fourth-order valence-corrected chi connectivity index (χ4v) is 2.68. The lowest BCUT2D eigenvalue weighted by Crippen LogP contribution is -2.17. The number of fused-ring (bicyclic) bond motifs is 1. The highest BCUT2D eigenvalue weighted by molar-refractivity contribution is 5.89. The maximum atomic E-state index is 12.4. The third-order valence-electron chi connectivity index (χ3n) is 4.35. The largest absolute Gasteiger partial charge is 0.494 e. The fourth-order valence-electron chi connectivity index (χ4n) is 2.68. The van der Waals surface area contributed by atoms with Gasteiger partial charge < -0.3 is 14.5 Å². The molecular weight excluding hydrogens is 356 g/mol. The molecule has 0 spiro atoms. The van der Waals surface area contributed by atoms with Crippen LogP contribution in [-0.2, 0) is 4.74 Å². The number of ether oxygens (including phenoxy) is 2. The minimum absolute atomic E-state index is 0.258. The van der Waals surface area contributed by atoms with Crippen molar-refractivity contribution in [2.24, 2.45) is 5.92 Å². The average molecular weight is 380 g/mol. The molecule has 3 rings (SSSR count). The Morgan fingerprint density at radius 2 is 1.79 bits per heavy atom. The smallest absolute Gasteiger partial charge is 0.338 e. The first kappa shape index (κ1) is 19.6. The summed E-state index contributed by atoms with van der Waals surface area (Å²) in [5.41, 5.74) is 0.713. The molecule has 1 aromatic heterocycles. The predicted molar refractivity (Wildman–Crippen MR) is 108 cm³/mol. The molecule has 3 aromatic rings. The summed E-state index contributed by atoms with van der Waals surface area (Å²) in [6.45, 7) is 6.59. The molecule has 1 heterocycles. The van der Waals surface area contributed by atoms with Gasteiger partial charge in [0.15, 0.2) is 11.9 Å². The number of carbonyl (C=O) groups is 1. The van der Waals surface area contributed by atoms with Crippen LogP contribution in [0.25, 0.3) is 10.9 Å². The van der Waals surface area contributed by atoms with Gasteiger partial charge in [0.2, 0.25) is 0 Å². The zero-order valence-electron chi connectivity index (χ0n) is 16.3. The molecule has 0 aliphatic carbocycles. The summed E-state index contributed by atoms with van der Waals surface area (Å²) in [5.74, 6) is 1.11. The molecule has 0 bridgehead atoms. The van der Waals surface area contributed by atoms with Crippen molar-refractivity contribution in [2.45, 2.75) is 33.3 Å². The Balaban J connectivity index is 1.66. The molecule has 0 aliphatic heterocycles. The van der Waals surface area contributed by atoms with Crippen LogP contribution in [0.5, 0.6) is 5.75 Å². The number of esters is 1. The topological polar surface area (TPSA) is 81.3 Å². The van der Waals surface area contributed by atoms with Crippen molar-refractivity contribution < 1.29 is 14.3 Å². The predicted octanol–water partition coefficient (Wildman–Crippen LogP) is 4.27. The summed E-state index contributed by atoms with van der Waals surface area (Å²) in [6.07, 6.45) is 0.282. The van der Waals surface area contributed by atoms with Crippen LogP contribution in [0.4, 0.5) is 0 Å². The molecule has 0 aliphatic rings. The van der Waals surface area contributed by atoms with E-state index >= 15 is 0 Å². The molecule has 1 unspecified atom stereocenters. The van der Waals surface area contributed by atoms with Crippen molar-refractivity contribution in [3.8, 4) is 5.75 Å². The lowest BCUT2D eigenvalue weighted by molar-refractivity contribution is 0.0320. The number of aromatic amines is 1. The van der Waals surface area contributed by atoms with Crippen LogP contribution < -0.4 is 10.3 Å². The molecule has 1 atom stereocenters. The van der Waals surface area contributed by atoms with E-state index < -0.39 is 12.1 Å². The van der Waals surface area contributed by atoms with Crippen LogP contribution in [-0.4, -0.2) is 22.5 Å². The van der Waals surface area contributed by atoms with E-state index in [2.05, 4.69) is 23.8 Å². The van der Waals surface area contributed by atoms with E-state index in [0.717, 1.165) is 6.42 Å². The number of rotatable bonds is 7. The summed E-state index contributed by atoms with van der Waals surface area (Å²) in [4.78, 5) is 31.7. The van der Waals surface area contributed by atoms with Gasteiger partial charge in [0.1, 0.15) is 5.75 Å².